The largest absolute Gasteiger partial charge is 0.482 e. The van der Waals surface area contributed by atoms with Crippen LogP contribution in [0.15, 0.2) is 46.2 Å². The maximum Gasteiger partial charge on any atom is 0.341 e. The topological polar surface area (TPSA) is 92.7 Å². The Hall–Kier alpha value is -2.03. The van der Waals surface area contributed by atoms with E-state index in [1.165, 1.54) is 11.8 Å². The Labute approximate surface area is 202 Å². The number of nitrogens with one attached hydrogen (secondary N) is 1. The van der Waals surface area contributed by atoms with Crippen molar-refractivity contribution < 1.29 is 23.1 Å². The van der Waals surface area contributed by atoms with Gasteiger partial charge in [0.25, 0.3) is 0 Å². The lowest BCUT2D eigenvalue weighted by molar-refractivity contribution is -0.139. The minimum atomic E-state index is -3.67. The van der Waals surface area contributed by atoms with E-state index in [-0.39, 0.29) is 18.4 Å². The molecule has 33 heavy (non-hydrogen) atoms. The highest BCUT2D eigenvalue weighted by Crippen LogP contribution is 2.35. The molecule has 0 bridgehead atoms. The molecular formula is C25H35NO5S2. The quantitative estimate of drug-likeness (QED) is 0.296. The fraction of sp³-hybridized carbons (Fsp3) is 0.480. The first-order valence-electron chi connectivity index (χ1n) is 11.2. The van der Waals surface area contributed by atoms with Gasteiger partial charge in [-0.1, -0.05) is 53.7 Å². The summed E-state index contributed by atoms with van der Waals surface area (Å²) in [5.41, 5.74) is 2.89. The van der Waals surface area contributed by atoms with Gasteiger partial charge in [-0.25, -0.2) is 17.9 Å². The summed E-state index contributed by atoms with van der Waals surface area (Å²) in [6.45, 7) is 12.3. The molecule has 2 rings (SSSR count). The number of sulfonamides is 1. The van der Waals surface area contributed by atoms with Gasteiger partial charge in [-0.15, -0.1) is 11.8 Å². The molecule has 2 N–H and O–H groups in total. The number of hydrogen-bond acceptors (Lipinski definition) is 5. The molecule has 0 aromatic heterocycles. The van der Waals surface area contributed by atoms with E-state index in [2.05, 4.69) is 18.6 Å². The average Bonchev–Trinajstić information content (AvgIpc) is 2.74. The van der Waals surface area contributed by atoms with Gasteiger partial charge in [0.15, 0.2) is 6.61 Å². The highest BCUT2D eigenvalue weighted by atomic mass is 32.2. The van der Waals surface area contributed by atoms with E-state index in [1.807, 2.05) is 52.0 Å². The SMILES string of the molecule is CC(C)c1cc(C(C)C)c(S(=O)(=O)NCCSc2ccc(OCC(=O)O)cc2)c(C(C)C)c1. The van der Waals surface area contributed by atoms with Crippen LogP contribution in [0.25, 0.3) is 0 Å². The third kappa shape index (κ3) is 7.76. The zero-order chi connectivity index (χ0) is 24.8. The summed E-state index contributed by atoms with van der Waals surface area (Å²) < 4.78 is 34.6. The number of carbonyl (C=O) groups is 1. The molecule has 8 heteroatoms. The molecule has 0 fully saturated rings. The van der Waals surface area contributed by atoms with Gasteiger partial charge in [0, 0.05) is 17.2 Å². The van der Waals surface area contributed by atoms with Crippen LogP contribution in [0.4, 0.5) is 0 Å². The number of ether oxygens (including phenoxy) is 1. The monoisotopic (exact) mass is 493 g/mol. The molecular weight excluding hydrogens is 458 g/mol. The van der Waals surface area contributed by atoms with Crippen LogP contribution in [-0.2, 0) is 14.8 Å². The zero-order valence-electron chi connectivity index (χ0n) is 20.2. The Morgan fingerprint density at radius 3 is 1.97 bits per heavy atom. The number of carboxylic acids is 1. The summed E-state index contributed by atoms with van der Waals surface area (Å²) in [6, 6.07) is 11.1. The second kappa shape index (κ2) is 11.9. The van der Waals surface area contributed by atoms with Crippen molar-refractivity contribution in [2.45, 2.75) is 69.1 Å². The summed E-state index contributed by atoms with van der Waals surface area (Å²) in [4.78, 5) is 11.9. The van der Waals surface area contributed by atoms with Crippen molar-refractivity contribution in [3.63, 3.8) is 0 Å². The van der Waals surface area contributed by atoms with E-state index < -0.39 is 16.0 Å². The van der Waals surface area contributed by atoms with Crippen LogP contribution in [0.3, 0.4) is 0 Å². The highest BCUT2D eigenvalue weighted by Gasteiger charge is 2.26. The molecule has 0 saturated carbocycles. The van der Waals surface area contributed by atoms with Gasteiger partial charge in [-0.2, -0.15) is 0 Å². The fourth-order valence-corrected chi connectivity index (χ4v) is 6.02. The predicted molar refractivity (Wildman–Crippen MR) is 134 cm³/mol. The van der Waals surface area contributed by atoms with Crippen molar-refractivity contribution in [1.82, 2.24) is 4.72 Å². The first-order chi connectivity index (χ1) is 15.4. The van der Waals surface area contributed by atoms with Crippen LogP contribution >= 0.6 is 11.8 Å². The van der Waals surface area contributed by atoms with Gasteiger partial charge < -0.3 is 9.84 Å². The molecule has 0 radical (unpaired) electrons. The lowest BCUT2D eigenvalue weighted by Crippen LogP contribution is -2.28. The first-order valence-corrected chi connectivity index (χ1v) is 13.6. The van der Waals surface area contributed by atoms with E-state index in [1.54, 1.807) is 12.1 Å². The molecule has 182 valence electrons. The van der Waals surface area contributed by atoms with Crippen LogP contribution in [0.5, 0.6) is 5.75 Å². The number of rotatable bonds is 12. The smallest absolute Gasteiger partial charge is 0.341 e. The Kier molecular flexibility index (Phi) is 9.82. The van der Waals surface area contributed by atoms with E-state index >= 15 is 0 Å². The van der Waals surface area contributed by atoms with Crippen molar-refractivity contribution in [1.29, 1.82) is 0 Å². The van der Waals surface area contributed by atoms with E-state index in [9.17, 15) is 13.2 Å². The minimum Gasteiger partial charge on any atom is -0.482 e. The van der Waals surface area contributed by atoms with Gasteiger partial charge in [-0.3, -0.25) is 0 Å². The second-order valence-corrected chi connectivity index (χ2v) is 11.8. The van der Waals surface area contributed by atoms with Gasteiger partial charge in [0.05, 0.1) is 4.90 Å². The van der Waals surface area contributed by atoms with Crippen molar-refractivity contribution in [3.8, 4) is 5.75 Å². The summed E-state index contributed by atoms with van der Waals surface area (Å²) in [6.07, 6.45) is 0. The Bertz CT molecular complexity index is 1020. The minimum absolute atomic E-state index is 0.0870. The standard InChI is InChI=1S/C25H35NO5S2/c1-16(2)19-13-22(17(3)4)25(23(14-19)18(5)6)33(29,30)26-11-12-32-21-9-7-20(8-10-21)31-15-24(27)28/h7-10,13-14,16-18,26H,11-12,15H2,1-6H3,(H,27,28). The van der Waals surface area contributed by atoms with Crippen LogP contribution < -0.4 is 9.46 Å². The average molecular weight is 494 g/mol. The molecule has 2 aromatic rings. The molecule has 0 aliphatic carbocycles. The lowest BCUT2D eigenvalue weighted by atomic mass is 9.89. The van der Waals surface area contributed by atoms with Gasteiger partial charge in [0.1, 0.15) is 5.75 Å². The molecule has 0 atom stereocenters. The second-order valence-electron chi connectivity index (χ2n) is 8.89. The highest BCUT2D eigenvalue weighted by molar-refractivity contribution is 7.99. The van der Waals surface area contributed by atoms with E-state index in [4.69, 9.17) is 9.84 Å². The Balaban J connectivity index is 2.12. The number of carboxylic acid groups (broad SMARTS) is 1. The number of benzene rings is 2. The van der Waals surface area contributed by atoms with Crippen LogP contribution in [0.1, 0.15) is 76.0 Å². The molecule has 0 spiro atoms. The Morgan fingerprint density at radius 2 is 1.52 bits per heavy atom. The molecule has 0 saturated heterocycles. The number of aliphatic carboxylic acids is 1. The summed E-state index contributed by atoms with van der Waals surface area (Å²) >= 11 is 1.52. The van der Waals surface area contributed by atoms with Gasteiger partial charge in [0.2, 0.25) is 10.0 Å². The molecule has 0 unspecified atom stereocenters. The molecule has 2 aromatic carbocycles. The summed E-state index contributed by atoms with van der Waals surface area (Å²) in [5, 5.41) is 8.67. The number of hydrogen-bond donors (Lipinski definition) is 2. The summed E-state index contributed by atoms with van der Waals surface area (Å²) in [7, 11) is -3.67. The third-order valence-electron chi connectivity index (χ3n) is 5.20. The lowest BCUT2D eigenvalue weighted by Gasteiger charge is -2.23. The zero-order valence-corrected chi connectivity index (χ0v) is 21.8. The van der Waals surface area contributed by atoms with Crippen LogP contribution in [0, 0.1) is 0 Å². The normalized spacial score (nSPS) is 12.0. The first kappa shape index (κ1) is 27.2. The van der Waals surface area contributed by atoms with Crippen molar-refractivity contribution >= 4 is 27.8 Å². The maximum absolute atomic E-state index is 13.4. The van der Waals surface area contributed by atoms with Gasteiger partial charge >= 0.3 is 5.97 Å². The molecule has 0 aliphatic rings. The fourth-order valence-electron chi connectivity index (χ4n) is 3.39. The molecule has 6 nitrogen and oxygen atoms in total. The predicted octanol–water partition coefficient (Wildman–Crippen LogP) is 5.59. The third-order valence-corrected chi connectivity index (χ3v) is 7.80. The van der Waals surface area contributed by atoms with E-state index in [0.29, 0.717) is 28.9 Å². The van der Waals surface area contributed by atoms with E-state index in [0.717, 1.165) is 21.6 Å². The Morgan fingerprint density at radius 1 is 0.970 bits per heavy atom. The molecule has 0 amide bonds. The van der Waals surface area contributed by atoms with Crippen LogP contribution in [-0.4, -0.2) is 38.4 Å². The molecule has 0 aliphatic heterocycles. The van der Waals surface area contributed by atoms with Crippen molar-refractivity contribution in [2.75, 3.05) is 18.9 Å². The maximum atomic E-state index is 13.4. The number of thioether (sulfide) groups is 1. The van der Waals surface area contributed by atoms with Crippen LogP contribution in [0.2, 0.25) is 0 Å². The summed E-state index contributed by atoms with van der Waals surface area (Å²) in [5.74, 6) is 0.512. The molecule has 0 heterocycles. The van der Waals surface area contributed by atoms with Crippen molar-refractivity contribution in [2.24, 2.45) is 0 Å². The van der Waals surface area contributed by atoms with Crippen molar-refractivity contribution in [3.05, 3.63) is 53.1 Å². The van der Waals surface area contributed by atoms with Gasteiger partial charge in [-0.05, 0) is 58.7 Å².